The Morgan fingerprint density at radius 3 is 1.60 bits per heavy atom. The number of benzene rings is 1. The fourth-order valence-electron chi connectivity index (χ4n) is 1.15. The fraction of sp³-hybridized carbons (Fsp3) is 0.200. The van der Waals surface area contributed by atoms with Gasteiger partial charge in [0.1, 0.15) is 4.90 Å². The predicted molar refractivity (Wildman–Crippen MR) is 66.7 cm³/mol. The topological polar surface area (TPSA) is 142 Å². The van der Waals surface area contributed by atoms with E-state index in [1.807, 2.05) is 0 Å². The Hall–Kier alpha value is -0.970. The summed E-state index contributed by atoms with van der Waals surface area (Å²) < 4.78 is 35.1. The molecule has 0 aliphatic carbocycles. The maximum atomic E-state index is 10.9. The fourth-order valence-corrected chi connectivity index (χ4v) is 2.02. The van der Waals surface area contributed by atoms with Crippen LogP contribution in [0.1, 0.15) is 20.7 Å². The molecule has 1 aromatic rings. The van der Waals surface area contributed by atoms with Crippen molar-refractivity contribution in [3.05, 3.63) is 29.3 Å². The van der Waals surface area contributed by atoms with Crippen molar-refractivity contribution in [1.29, 1.82) is 0 Å². The molecule has 2 rings (SSSR count). The van der Waals surface area contributed by atoms with Crippen LogP contribution in [0.2, 0.25) is 0 Å². The zero-order valence-corrected chi connectivity index (χ0v) is 13.3. The Balaban J connectivity index is 0.000000794. The number of carboxylic acids is 2. The summed E-state index contributed by atoms with van der Waals surface area (Å²) in [5.41, 5.74) is -1.58. The van der Waals surface area contributed by atoms with Crippen LogP contribution in [0.25, 0.3) is 0 Å². The van der Waals surface area contributed by atoms with Crippen molar-refractivity contribution in [2.45, 2.75) is 4.90 Å². The Labute approximate surface area is 136 Å². The van der Waals surface area contributed by atoms with E-state index in [1.54, 1.807) is 0 Å². The number of carboxylic acid groups (broad SMARTS) is 2. The third-order valence-electron chi connectivity index (χ3n) is 1.94. The second kappa shape index (κ2) is 7.72. The molecule has 1 aromatic carbocycles. The van der Waals surface area contributed by atoms with E-state index in [1.165, 1.54) is 0 Å². The average Bonchev–Trinajstić information content (AvgIpc) is 3.14. The standard InChI is InChI=1S/C8H6O7S.C2H4O.Na/c9-7(10)4-2-1-3-5(8(11)12)6(4)16(13,14)15;1-2-3-1;/h1-3H,(H,9,10)(H,11,12)(H,13,14,15);1-2H2;. The summed E-state index contributed by atoms with van der Waals surface area (Å²) in [5.74, 6) is -3.29. The van der Waals surface area contributed by atoms with Crippen molar-refractivity contribution in [2.75, 3.05) is 13.2 Å². The van der Waals surface area contributed by atoms with Gasteiger partial charge in [-0.1, -0.05) is 6.07 Å². The molecule has 0 bridgehead atoms. The van der Waals surface area contributed by atoms with E-state index in [-0.39, 0.29) is 29.6 Å². The summed E-state index contributed by atoms with van der Waals surface area (Å²) in [6, 6.07) is 2.84. The number of hydrogen-bond acceptors (Lipinski definition) is 5. The molecule has 0 aromatic heterocycles. The molecule has 10 heteroatoms. The smallest absolute Gasteiger partial charge is 0.337 e. The normalized spacial score (nSPS) is 12.4. The Morgan fingerprint density at radius 2 is 1.40 bits per heavy atom. The average molecular weight is 313 g/mol. The minimum absolute atomic E-state index is 0. The molecular formula is C10H10NaO8S. The zero-order chi connectivity index (χ0) is 14.6. The summed E-state index contributed by atoms with van der Waals surface area (Å²) in [5, 5.41) is 17.3. The van der Waals surface area contributed by atoms with Crippen LogP contribution in [0.15, 0.2) is 23.1 Å². The molecule has 0 amide bonds. The molecule has 1 saturated heterocycles. The van der Waals surface area contributed by atoms with Gasteiger partial charge in [-0.25, -0.2) is 9.59 Å². The second-order valence-corrected chi connectivity index (χ2v) is 4.74. The van der Waals surface area contributed by atoms with Gasteiger partial charge in [-0.2, -0.15) is 8.42 Å². The van der Waals surface area contributed by atoms with Gasteiger partial charge in [0.15, 0.2) is 0 Å². The summed E-state index contributed by atoms with van der Waals surface area (Å²) >= 11 is 0. The molecule has 1 radical (unpaired) electrons. The number of ether oxygens (including phenoxy) is 1. The van der Waals surface area contributed by atoms with Gasteiger partial charge in [0.2, 0.25) is 0 Å². The van der Waals surface area contributed by atoms with Gasteiger partial charge in [0.05, 0.1) is 24.3 Å². The van der Waals surface area contributed by atoms with E-state index in [0.717, 1.165) is 31.4 Å². The van der Waals surface area contributed by atoms with E-state index in [9.17, 15) is 18.0 Å². The number of epoxide rings is 1. The van der Waals surface area contributed by atoms with Crippen molar-refractivity contribution < 1.29 is 37.5 Å². The molecule has 1 heterocycles. The first kappa shape index (κ1) is 19.0. The van der Waals surface area contributed by atoms with Crippen LogP contribution in [0, 0.1) is 0 Å². The molecule has 0 unspecified atom stereocenters. The van der Waals surface area contributed by atoms with E-state index >= 15 is 0 Å². The zero-order valence-electron chi connectivity index (χ0n) is 10.4. The van der Waals surface area contributed by atoms with Crippen LogP contribution in [0.4, 0.5) is 0 Å². The molecule has 0 saturated carbocycles. The van der Waals surface area contributed by atoms with Gasteiger partial charge >= 0.3 is 11.9 Å². The Kier molecular flexibility index (Phi) is 7.34. The van der Waals surface area contributed by atoms with E-state index in [4.69, 9.17) is 14.8 Å². The largest absolute Gasteiger partial charge is 0.478 e. The number of aromatic carboxylic acids is 2. The second-order valence-electron chi connectivity index (χ2n) is 3.38. The molecule has 0 spiro atoms. The predicted octanol–water partition coefficient (Wildman–Crippen LogP) is -0.0345. The van der Waals surface area contributed by atoms with Gasteiger partial charge in [0, 0.05) is 29.6 Å². The van der Waals surface area contributed by atoms with Crippen LogP contribution in [-0.4, -0.2) is 77.9 Å². The molecule has 20 heavy (non-hydrogen) atoms. The molecule has 0 atom stereocenters. The van der Waals surface area contributed by atoms with E-state index < -0.39 is 38.1 Å². The molecule has 1 fully saturated rings. The van der Waals surface area contributed by atoms with E-state index in [2.05, 4.69) is 4.74 Å². The first-order chi connectivity index (χ1) is 8.75. The molecule has 105 valence electrons. The van der Waals surface area contributed by atoms with Crippen LogP contribution in [-0.2, 0) is 14.9 Å². The SMILES string of the molecule is C1CO1.O=C(O)c1cccc(C(=O)O)c1S(=O)(=O)O.[Na]. The maximum Gasteiger partial charge on any atom is 0.337 e. The minimum atomic E-state index is -4.92. The Morgan fingerprint density at radius 1 is 1.05 bits per heavy atom. The van der Waals surface area contributed by atoms with Crippen molar-refractivity contribution in [2.24, 2.45) is 0 Å². The number of rotatable bonds is 3. The van der Waals surface area contributed by atoms with Gasteiger partial charge in [-0.05, 0) is 12.1 Å². The monoisotopic (exact) mass is 313 g/mol. The van der Waals surface area contributed by atoms with Crippen molar-refractivity contribution >= 4 is 51.6 Å². The molecule has 1 aliphatic rings. The number of hydrogen-bond donors (Lipinski definition) is 3. The third kappa shape index (κ3) is 5.57. The van der Waals surface area contributed by atoms with Gasteiger partial charge < -0.3 is 14.9 Å². The molecular weight excluding hydrogens is 303 g/mol. The summed E-state index contributed by atoms with van der Waals surface area (Å²) in [6.45, 7) is 2.00. The van der Waals surface area contributed by atoms with Crippen molar-refractivity contribution in [3.63, 3.8) is 0 Å². The van der Waals surface area contributed by atoms with Crippen molar-refractivity contribution in [1.82, 2.24) is 0 Å². The first-order valence-corrected chi connectivity index (χ1v) is 6.34. The van der Waals surface area contributed by atoms with Gasteiger partial charge in [-0.15, -0.1) is 0 Å². The van der Waals surface area contributed by atoms with Gasteiger partial charge in [-0.3, -0.25) is 4.55 Å². The van der Waals surface area contributed by atoms with Crippen LogP contribution >= 0.6 is 0 Å². The number of carbonyl (C=O) groups is 2. The third-order valence-corrected chi connectivity index (χ3v) is 2.89. The minimum Gasteiger partial charge on any atom is -0.478 e. The molecule has 8 nitrogen and oxygen atoms in total. The summed E-state index contributed by atoms with van der Waals surface area (Å²) in [7, 11) is -4.92. The van der Waals surface area contributed by atoms with Crippen LogP contribution in [0.5, 0.6) is 0 Å². The van der Waals surface area contributed by atoms with Crippen LogP contribution < -0.4 is 0 Å². The first-order valence-electron chi connectivity index (χ1n) is 4.90. The van der Waals surface area contributed by atoms with Crippen LogP contribution in [0.3, 0.4) is 0 Å². The summed E-state index contributed by atoms with van der Waals surface area (Å²) in [6.07, 6.45) is 0. The van der Waals surface area contributed by atoms with Gasteiger partial charge in [0.25, 0.3) is 10.1 Å². The van der Waals surface area contributed by atoms with E-state index in [0.29, 0.717) is 0 Å². The molecule has 1 aliphatic heterocycles. The maximum absolute atomic E-state index is 10.9. The summed E-state index contributed by atoms with van der Waals surface area (Å²) in [4.78, 5) is 20.2. The Bertz CT molecular complexity index is 573. The quantitative estimate of drug-likeness (QED) is 0.401. The molecule has 3 N–H and O–H groups in total. The van der Waals surface area contributed by atoms with Crippen molar-refractivity contribution in [3.8, 4) is 0 Å².